The van der Waals surface area contributed by atoms with Crippen molar-refractivity contribution >= 4 is 21.9 Å². The van der Waals surface area contributed by atoms with Crippen LogP contribution >= 0.6 is 0 Å². The Hall–Kier alpha value is -4.09. The summed E-state index contributed by atoms with van der Waals surface area (Å²) in [6, 6.07) is 16.0. The molecule has 2 aliphatic rings. The maximum Gasteiger partial charge on any atom is 0.337 e. The number of esters is 1. The van der Waals surface area contributed by atoms with Crippen LogP contribution < -0.4 is 14.2 Å². The summed E-state index contributed by atoms with van der Waals surface area (Å²) < 4.78 is 49.4. The van der Waals surface area contributed by atoms with Gasteiger partial charge in [0.15, 0.2) is 11.5 Å². The van der Waals surface area contributed by atoms with Gasteiger partial charge < -0.3 is 23.8 Å². The molecule has 0 saturated carbocycles. The number of methoxy groups -OCH3 is 3. The maximum atomic E-state index is 13.9. The van der Waals surface area contributed by atoms with E-state index in [1.165, 1.54) is 23.5 Å². The van der Waals surface area contributed by atoms with Gasteiger partial charge in [-0.2, -0.15) is 4.31 Å². The molecule has 1 atom stereocenters. The van der Waals surface area contributed by atoms with Crippen LogP contribution in [0, 0.1) is 0 Å². The van der Waals surface area contributed by atoms with E-state index in [0.717, 1.165) is 24.0 Å². The molecule has 0 aromatic heterocycles. The van der Waals surface area contributed by atoms with Gasteiger partial charge in [0.2, 0.25) is 10.0 Å². The molecule has 11 heteroatoms. The van der Waals surface area contributed by atoms with Crippen molar-refractivity contribution < 1.29 is 37.0 Å². The van der Waals surface area contributed by atoms with E-state index in [2.05, 4.69) is 0 Å². The number of carbonyl (C=O) groups is 2. The molecule has 1 fully saturated rings. The second-order valence-electron chi connectivity index (χ2n) is 10.1. The lowest BCUT2D eigenvalue weighted by Crippen LogP contribution is -2.42. The van der Waals surface area contributed by atoms with Crippen LogP contribution in [0.5, 0.6) is 17.2 Å². The summed E-state index contributed by atoms with van der Waals surface area (Å²) in [5.74, 6) is 0.979. The van der Waals surface area contributed by atoms with Gasteiger partial charge in [-0.3, -0.25) is 4.79 Å². The van der Waals surface area contributed by atoms with Crippen molar-refractivity contribution in [3.8, 4) is 17.2 Å². The maximum absolute atomic E-state index is 13.9. The van der Waals surface area contributed by atoms with Crippen LogP contribution in [0.3, 0.4) is 0 Å². The second-order valence-corrected chi connectivity index (χ2v) is 12.1. The zero-order chi connectivity index (χ0) is 29.9. The normalized spacial score (nSPS) is 16.9. The van der Waals surface area contributed by atoms with Gasteiger partial charge in [-0.15, -0.1) is 0 Å². The Bertz CT molecular complexity index is 1550. The molecular weight excluding hydrogens is 560 g/mol. The van der Waals surface area contributed by atoms with E-state index in [4.69, 9.17) is 18.9 Å². The van der Waals surface area contributed by atoms with Crippen LogP contribution in [-0.2, 0) is 21.2 Å². The number of rotatable bonds is 9. The van der Waals surface area contributed by atoms with E-state index in [1.54, 1.807) is 55.5 Å². The van der Waals surface area contributed by atoms with E-state index in [-0.39, 0.29) is 17.4 Å². The molecule has 0 spiro atoms. The van der Waals surface area contributed by atoms with Crippen LogP contribution in [0.2, 0.25) is 0 Å². The van der Waals surface area contributed by atoms with Crippen molar-refractivity contribution in [2.24, 2.45) is 0 Å². The molecule has 2 heterocycles. The summed E-state index contributed by atoms with van der Waals surface area (Å²) in [6.07, 6.45) is 2.29. The molecule has 0 N–H and O–H groups in total. The molecule has 42 heavy (non-hydrogen) atoms. The van der Waals surface area contributed by atoms with Gasteiger partial charge >= 0.3 is 5.97 Å². The number of hydrogen-bond acceptors (Lipinski definition) is 8. The predicted molar refractivity (Wildman–Crippen MR) is 155 cm³/mol. The number of sulfonamides is 1. The Morgan fingerprint density at radius 3 is 2.07 bits per heavy atom. The highest BCUT2D eigenvalue weighted by Gasteiger charge is 2.34. The zero-order valence-electron chi connectivity index (χ0n) is 23.9. The largest absolute Gasteiger partial charge is 0.493 e. The third-order valence-corrected chi connectivity index (χ3v) is 9.66. The van der Waals surface area contributed by atoms with E-state index in [1.807, 2.05) is 12.1 Å². The molecule has 3 aromatic carbocycles. The minimum atomic E-state index is -3.59. The summed E-state index contributed by atoms with van der Waals surface area (Å²) in [5, 5.41) is 0. The number of fused-ring (bicyclic) bond motifs is 1. The minimum absolute atomic E-state index is 0.132. The van der Waals surface area contributed by atoms with Gasteiger partial charge in [0.25, 0.3) is 5.91 Å². The molecule has 3 aromatic rings. The van der Waals surface area contributed by atoms with Crippen molar-refractivity contribution in [1.82, 2.24) is 9.21 Å². The van der Waals surface area contributed by atoms with Crippen molar-refractivity contribution in [1.29, 1.82) is 0 Å². The van der Waals surface area contributed by atoms with Crippen LogP contribution in [0.25, 0.3) is 0 Å². The van der Waals surface area contributed by atoms with Crippen molar-refractivity contribution in [2.75, 3.05) is 47.6 Å². The third kappa shape index (κ3) is 5.79. The van der Waals surface area contributed by atoms with Gasteiger partial charge in [-0.1, -0.05) is 0 Å². The van der Waals surface area contributed by atoms with E-state index in [9.17, 15) is 18.0 Å². The smallest absolute Gasteiger partial charge is 0.337 e. The predicted octanol–water partition coefficient (Wildman–Crippen LogP) is 4.09. The fraction of sp³-hybridized carbons (Fsp3) is 0.355. The highest BCUT2D eigenvalue weighted by atomic mass is 32.2. The first-order chi connectivity index (χ1) is 20.3. The Kier molecular flexibility index (Phi) is 8.69. The van der Waals surface area contributed by atoms with Gasteiger partial charge in [0.1, 0.15) is 12.4 Å². The lowest BCUT2D eigenvalue weighted by molar-refractivity contribution is 0.0582. The third-order valence-electron chi connectivity index (χ3n) is 7.75. The second kappa shape index (κ2) is 12.4. The van der Waals surface area contributed by atoms with Crippen molar-refractivity contribution in [2.45, 2.75) is 30.2 Å². The highest BCUT2D eigenvalue weighted by molar-refractivity contribution is 7.89. The summed E-state index contributed by atoms with van der Waals surface area (Å²) in [5.41, 5.74) is 2.66. The fourth-order valence-corrected chi connectivity index (χ4v) is 6.96. The molecular formula is C31H34N2O8S. The minimum Gasteiger partial charge on any atom is -0.493 e. The molecule has 5 rings (SSSR count). The monoisotopic (exact) mass is 594 g/mol. The van der Waals surface area contributed by atoms with Gasteiger partial charge in [0.05, 0.1) is 37.8 Å². The standard InChI is InChI=1S/C31H34N2O8S/c1-38-28-18-23-14-17-33(30(34)21-8-12-25(13-9-21)42(36,37)32-15-4-5-16-32)27(26(23)19-29(28)39-2)20-41-24-10-6-22(7-11-24)31(35)40-3/h6-13,18-19,27H,4-5,14-17,20H2,1-3H3/t27-/m1/s1. The molecule has 2 aliphatic heterocycles. The quantitative estimate of drug-likeness (QED) is 0.341. The first kappa shape index (κ1) is 29.4. The van der Waals surface area contributed by atoms with E-state index in [0.29, 0.717) is 54.4 Å². The fourth-order valence-electron chi connectivity index (χ4n) is 5.44. The SMILES string of the molecule is COC(=O)c1ccc(OC[C@@H]2c3cc(OC)c(OC)cc3CCN2C(=O)c2ccc(S(=O)(=O)N3CCCC3)cc2)cc1. The molecule has 10 nitrogen and oxygen atoms in total. The number of amides is 1. The topological polar surface area (TPSA) is 112 Å². The summed E-state index contributed by atoms with van der Waals surface area (Å²) in [6.45, 7) is 1.58. The summed E-state index contributed by atoms with van der Waals surface area (Å²) in [7, 11) is 0.871. The van der Waals surface area contributed by atoms with Gasteiger partial charge in [0, 0.05) is 25.2 Å². The molecule has 1 saturated heterocycles. The summed E-state index contributed by atoms with van der Waals surface area (Å²) in [4.78, 5) is 27.6. The highest BCUT2D eigenvalue weighted by Crippen LogP contribution is 2.39. The Morgan fingerprint density at radius 2 is 1.45 bits per heavy atom. The van der Waals surface area contributed by atoms with Crippen molar-refractivity contribution in [3.63, 3.8) is 0 Å². The first-order valence-electron chi connectivity index (χ1n) is 13.7. The summed E-state index contributed by atoms with van der Waals surface area (Å²) >= 11 is 0. The lowest BCUT2D eigenvalue weighted by atomic mass is 9.91. The van der Waals surface area contributed by atoms with Crippen LogP contribution in [0.4, 0.5) is 0 Å². The number of carbonyl (C=O) groups excluding carboxylic acids is 2. The van der Waals surface area contributed by atoms with Crippen LogP contribution in [0.1, 0.15) is 50.7 Å². The average Bonchev–Trinajstić information content (AvgIpc) is 3.59. The van der Waals surface area contributed by atoms with E-state index < -0.39 is 22.0 Å². The van der Waals surface area contributed by atoms with Crippen LogP contribution in [-0.4, -0.2) is 77.1 Å². The molecule has 0 bridgehead atoms. The molecule has 0 radical (unpaired) electrons. The average molecular weight is 595 g/mol. The first-order valence-corrected chi connectivity index (χ1v) is 15.2. The zero-order valence-corrected chi connectivity index (χ0v) is 24.7. The van der Waals surface area contributed by atoms with Crippen molar-refractivity contribution in [3.05, 3.63) is 82.9 Å². The number of benzene rings is 3. The molecule has 222 valence electrons. The molecule has 0 unspecified atom stereocenters. The van der Waals surface area contributed by atoms with Crippen LogP contribution in [0.15, 0.2) is 65.6 Å². The number of nitrogens with zero attached hydrogens (tertiary/aromatic N) is 2. The number of hydrogen-bond donors (Lipinski definition) is 0. The Balaban J connectivity index is 1.43. The molecule has 1 amide bonds. The van der Waals surface area contributed by atoms with E-state index >= 15 is 0 Å². The molecule has 0 aliphatic carbocycles. The Labute approximate surface area is 245 Å². The van der Waals surface area contributed by atoms with Gasteiger partial charge in [-0.05, 0) is 91.1 Å². The van der Waals surface area contributed by atoms with Gasteiger partial charge in [-0.25, -0.2) is 13.2 Å². The Morgan fingerprint density at radius 1 is 0.833 bits per heavy atom. The lowest BCUT2D eigenvalue weighted by Gasteiger charge is -2.37. The number of ether oxygens (including phenoxy) is 4.